The van der Waals surface area contributed by atoms with Gasteiger partial charge in [0.1, 0.15) is 6.10 Å². The van der Waals surface area contributed by atoms with Gasteiger partial charge < -0.3 is 15.4 Å². The van der Waals surface area contributed by atoms with Crippen molar-refractivity contribution in [2.75, 3.05) is 7.11 Å². The molecule has 1 aliphatic carbocycles. The van der Waals surface area contributed by atoms with Crippen LogP contribution in [0.4, 0.5) is 4.79 Å². The van der Waals surface area contributed by atoms with Crippen LogP contribution in [0.25, 0.3) is 0 Å². The van der Waals surface area contributed by atoms with Crippen LogP contribution in [0, 0.1) is 11.3 Å². The Morgan fingerprint density at radius 1 is 1.17 bits per heavy atom. The highest BCUT2D eigenvalue weighted by molar-refractivity contribution is 5.74. The number of carbonyl (C=O) groups is 1. The third-order valence-corrected chi connectivity index (χ3v) is 4.58. The topological polar surface area (TPSA) is 50.4 Å². The van der Waals surface area contributed by atoms with E-state index in [0.29, 0.717) is 0 Å². The number of urea groups is 1. The van der Waals surface area contributed by atoms with Gasteiger partial charge in [0, 0.05) is 13.2 Å². The van der Waals surface area contributed by atoms with Crippen molar-refractivity contribution in [2.24, 2.45) is 11.3 Å². The van der Waals surface area contributed by atoms with Gasteiger partial charge in [0.2, 0.25) is 0 Å². The molecule has 24 heavy (non-hydrogen) atoms. The Morgan fingerprint density at radius 3 is 2.38 bits per heavy atom. The monoisotopic (exact) mass is 334 g/mol. The number of nitrogens with one attached hydrogen (secondary N) is 2. The van der Waals surface area contributed by atoms with Gasteiger partial charge in [0.05, 0.1) is 6.04 Å². The summed E-state index contributed by atoms with van der Waals surface area (Å²) in [5, 5.41) is 6.16. The fourth-order valence-corrected chi connectivity index (χ4v) is 2.47. The Balaban J connectivity index is 2.86. The van der Waals surface area contributed by atoms with Crippen molar-refractivity contribution in [1.29, 1.82) is 0 Å². The molecule has 3 atom stereocenters. The van der Waals surface area contributed by atoms with Crippen LogP contribution >= 0.6 is 0 Å². The van der Waals surface area contributed by atoms with Crippen LogP contribution in [0.1, 0.15) is 48.0 Å². The first-order valence-corrected chi connectivity index (χ1v) is 8.80. The molecule has 0 aromatic rings. The molecule has 2 N–H and O–H groups in total. The number of ether oxygens (including phenoxy) is 1. The quantitative estimate of drug-likeness (QED) is 0.765. The maximum Gasteiger partial charge on any atom is 0.315 e. The van der Waals surface area contributed by atoms with Crippen molar-refractivity contribution >= 4 is 6.03 Å². The second-order valence-corrected chi connectivity index (χ2v) is 7.86. The number of hydrogen-bond donors (Lipinski definition) is 2. The summed E-state index contributed by atoms with van der Waals surface area (Å²) in [6, 6.07) is -0.178. The summed E-state index contributed by atoms with van der Waals surface area (Å²) in [5.74, 6) is 0.243. The van der Waals surface area contributed by atoms with Crippen molar-refractivity contribution in [2.45, 2.75) is 66.2 Å². The molecular formula is C20H34N2O2. The Bertz CT molecular complexity index is 498. The molecule has 0 heterocycles. The van der Waals surface area contributed by atoms with Crippen molar-refractivity contribution in [3.8, 4) is 0 Å². The lowest BCUT2D eigenvalue weighted by molar-refractivity contribution is 0.0845. The number of carbonyl (C=O) groups excluding carboxylic acids is 1. The fourth-order valence-electron chi connectivity index (χ4n) is 2.47. The predicted molar refractivity (Wildman–Crippen MR) is 101 cm³/mol. The zero-order valence-electron chi connectivity index (χ0n) is 16.2. The first-order chi connectivity index (χ1) is 11.2. The van der Waals surface area contributed by atoms with Gasteiger partial charge in [-0.05, 0) is 30.3 Å². The highest BCUT2D eigenvalue weighted by Gasteiger charge is 2.29. The average Bonchev–Trinajstić information content (AvgIpc) is 2.75. The van der Waals surface area contributed by atoms with Crippen molar-refractivity contribution in [1.82, 2.24) is 10.6 Å². The second-order valence-electron chi connectivity index (χ2n) is 7.86. The van der Waals surface area contributed by atoms with Crippen molar-refractivity contribution in [3.05, 3.63) is 36.0 Å². The minimum absolute atomic E-state index is 0.0165. The molecule has 0 aromatic carbocycles. The molecule has 4 nitrogen and oxygen atoms in total. The Kier molecular flexibility index (Phi) is 7.74. The second kappa shape index (κ2) is 9.07. The summed E-state index contributed by atoms with van der Waals surface area (Å²) in [4.78, 5) is 12.5. The van der Waals surface area contributed by atoms with E-state index in [4.69, 9.17) is 4.74 Å². The smallest absolute Gasteiger partial charge is 0.315 e. The van der Waals surface area contributed by atoms with Gasteiger partial charge in [-0.1, -0.05) is 65.0 Å². The van der Waals surface area contributed by atoms with Gasteiger partial charge in [0.15, 0.2) is 0 Å². The Labute approximate surface area is 147 Å². The lowest BCUT2D eigenvalue weighted by atomic mass is 9.88. The van der Waals surface area contributed by atoms with E-state index in [2.05, 4.69) is 69.6 Å². The molecule has 136 valence electrons. The standard InChI is InChI=1S/C20H34N2O2/c1-14(2)17(22-19(23)21-15(3)20(4,5)6)18(24-7)16-12-10-8-9-11-13-16/h8,10-15,17-18H,9H2,1-7H3,(H2,21,22,23). The molecule has 0 spiro atoms. The van der Waals surface area contributed by atoms with Gasteiger partial charge in [0.25, 0.3) is 0 Å². The largest absolute Gasteiger partial charge is 0.375 e. The molecule has 2 amide bonds. The van der Waals surface area contributed by atoms with Crippen LogP contribution in [0.15, 0.2) is 36.0 Å². The van der Waals surface area contributed by atoms with Gasteiger partial charge in [-0.25, -0.2) is 4.79 Å². The number of amides is 2. The Hall–Kier alpha value is -1.55. The predicted octanol–water partition coefficient (Wildman–Crippen LogP) is 4.20. The van der Waals surface area contributed by atoms with Gasteiger partial charge >= 0.3 is 6.03 Å². The molecule has 0 aromatic heterocycles. The highest BCUT2D eigenvalue weighted by Crippen LogP contribution is 2.21. The average molecular weight is 335 g/mol. The third-order valence-electron chi connectivity index (χ3n) is 4.58. The van der Waals surface area contributed by atoms with Crippen molar-refractivity contribution < 1.29 is 9.53 Å². The van der Waals surface area contributed by atoms with Gasteiger partial charge in [-0.2, -0.15) is 0 Å². The number of rotatable bonds is 6. The summed E-state index contributed by atoms with van der Waals surface area (Å²) in [7, 11) is 1.70. The van der Waals surface area contributed by atoms with E-state index in [1.54, 1.807) is 7.11 Å². The summed E-state index contributed by atoms with van der Waals surface area (Å²) < 4.78 is 5.75. The highest BCUT2D eigenvalue weighted by atomic mass is 16.5. The molecule has 0 saturated heterocycles. The third kappa shape index (κ3) is 6.16. The summed E-state index contributed by atoms with van der Waals surface area (Å²) in [6.07, 6.45) is 11.1. The zero-order chi connectivity index (χ0) is 18.3. The lowest BCUT2D eigenvalue weighted by Gasteiger charge is -2.33. The molecule has 3 unspecified atom stereocenters. The van der Waals surface area contributed by atoms with E-state index in [1.165, 1.54) is 0 Å². The SMILES string of the molecule is COC(C1=CC=CCC=C1)C(NC(=O)NC(C)C(C)(C)C)C(C)C. The molecular weight excluding hydrogens is 300 g/mol. The van der Waals surface area contributed by atoms with Crippen LogP contribution in [0.2, 0.25) is 0 Å². The first kappa shape index (κ1) is 20.5. The van der Waals surface area contributed by atoms with Crippen LogP contribution in [-0.4, -0.2) is 31.3 Å². The molecule has 0 saturated carbocycles. The van der Waals surface area contributed by atoms with Crippen LogP contribution in [0.5, 0.6) is 0 Å². The van der Waals surface area contributed by atoms with Crippen LogP contribution in [-0.2, 0) is 4.74 Å². The zero-order valence-corrected chi connectivity index (χ0v) is 16.2. The molecule has 0 fully saturated rings. The van der Waals surface area contributed by atoms with E-state index in [1.807, 2.05) is 13.0 Å². The molecule has 1 aliphatic rings. The summed E-state index contributed by atoms with van der Waals surface area (Å²) in [6.45, 7) is 12.6. The molecule has 0 aliphatic heterocycles. The Morgan fingerprint density at radius 2 is 1.83 bits per heavy atom. The molecule has 4 heteroatoms. The number of allylic oxidation sites excluding steroid dienone is 4. The van der Waals surface area contributed by atoms with E-state index in [9.17, 15) is 4.79 Å². The van der Waals surface area contributed by atoms with E-state index >= 15 is 0 Å². The maximum atomic E-state index is 12.5. The number of hydrogen-bond acceptors (Lipinski definition) is 2. The van der Waals surface area contributed by atoms with E-state index in [0.717, 1.165) is 12.0 Å². The fraction of sp³-hybridized carbons (Fsp3) is 0.650. The maximum absolute atomic E-state index is 12.5. The molecule has 0 radical (unpaired) electrons. The molecule has 1 rings (SSSR count). The van der Waals surface area contributed by atoms with Gasteiger partial charge in [-0.3, -0.25) is 0 Å². The van der Waals surface area contributed by atoms with Gasteiger partial charge in [-0.15, -0.1) is 0 Å². The van der Waals surface area contributed by atoms with Crippen LogP contribution < -0.4 is 10.6 Å². The minimum Gasteiger partial charge on any atom is -0.375 e. The van der Waals surface area contributed by atoms with Crippen LogP contribution in [0.3, 0.4) is 0 Å². The van der Waals surface area contributed by atoms with E-state index in [-0.39, 0.29) is 35.6 Å². The number of methoxy groups -OCH3 is 1. The lowest BCUT2D eigenvalue weighted by Crippen LogP contribution is -2.54. The van der Waals surface area contributed by atoms with Crippen molar-refractivity contribution in [3.63, 3.8) is 0 Å². The summed E-state index contributed by atoms with van der Waals surface area (Å²) >= 11 is 0. The first-order valence-electron chi connectivity index (χ1n) is 8.80. The summed E-state index contributed by atoms with van der Waals surface area (Å²) in [5.41, 5.74) is 1.09. The minimum atomic E-state index is -0.181. The normalized spacial score (nSPS) is 18.6. The van der Waals surface area contributed by atoms with E-state index < -0.39 is 0 Å². The molecule has 0 bridgehead atoms.